The highest BCUT2D eigenvalue weighted by molar-refractivity contribution is 7.86. The minimum absolute atomic E-state index is 0.00908. The fraction of sp³-hybridized carbons (Fsp3) is 0.0909. The molecule has 1 heterocycles. The maximum absolute atomic E-state index is 15.1. The third kappa shape index (κ3) is 3.90. The summed E-state index contributed by atoms with van der Waals surface area (Å²) in [6.45, 7) is 0.944. The number of hydrogen-bond donors (Lipinski definition) is 0. The molecule has 35 heavy (non-hydrogen) atoms. The van der Waals surface area contributed by atoms with Gasteiger partial charge in [-0.25, -0.2) is 22.6 Å². The first-order chi connectivity index (χ1) is 16.6. The van der Waals surface area contributed by atoms with E-state index in [9.17, 15) is 32.6 Å². The standard InChI is InChI=1S/C22H14F4N3O5P/c1-2-34-35(33)21-18(26)16(24)15(23)17(25)19(21)28(13-6-4-3-5-7-13)27-22(35)20(30)12-8-10-14(11-9-12)29(31)32/h3-11H,2H2,1H3/t35-/m1/s1. The van der Waals surface area contributed by atoms with E-state index in [0.717, 1.165) is 24.3 Å². The molecule has 1 atom stereocenters. The lowest BCUT2D eigenvalue weighted by Gasteiger charge is -2.32. The lowest BCUT2D eigenvalue weighted by atomic mass is 10.1. The van der Waals surface area contributed by atoms with Gasteiger partial charge >= 0.3 is 0 Å². The number of para-hydroxylation sites is 1. The van der Waals surface area contributed by atoms with Crippen LogP contribution in [-0.2, 0) is 9.09 Å². The van der Waals surface area contributed by atoms with Crippen molar-refractivity contribution >= 4 is 41.0 Å². The van der Waals surface area contributed by atoms with Crippen LogP contribution < -0.4 is 10.3 Å². The number of nitro benzene ring substituents is 1. The first-order valence-electron chi connectivity index (χ1n) is 9.96. The summed E-state index contributed by atoms with van der Waals surface area (Å²) < 4.78 is 77.8. The van der Waals surface area contributed by atoms with Crippen LogP contribution in [0.3, 0.4) is 0 Å². The van der Waals surface area contributed by atoms with E-state index in [-0.39, 0.29) is 16.9 Å². The fourth-order valence-corrected chi connectivity index (χ4v) is 5.74. The quantitative estimate of drug-likeness (QED) is 0.0838. The second-order valence-corrected chi connectivity index (χ2v) is 9.36. The Hall–Kier alpha value is -3.89. The van der Waals surface area contributed by atoms with Gasteiger partial charge in [-0.3, -0.25) is 19.5 Å². The minimum Gasteiger partial charge on any atom is -0.321 e. The van der Waals surface area contributed by atoms with E-state index in [1.807, 2.05) is 0 Å². The molecule has 0 aromatic heterocycles. The molecule has 0 N–H and O–H groups in total. The SMILES string of the molecule is CCO[P@@]1(=O)C(C(=O)c2ccc([N+](=O)[O-])cc2)=NN(c2ccccc2)c2c(F)c(F)c(F)c(F)c21. The number of nitrogens with zero attached hydrogens (tertiary/aromatic N) is 3. The van der Waals surface area contributed by atoms with Crippen LogP contribution in [0.2, 0.25) is 0 Å². The van der Waals surface area contributed by atoms with Gasteiger partial charge in [-0.15, -0.1) is 0 Å². The van der Waals surface area contributed by atoms with Crippen molar-refractivity contribution in [3.8, 4) is 0 Å². The third-order valence-corrected chi connectivity index (χ3v) is 7.52. The molecular formula is C22H14F4N3O5P. The van der Waals surface area contributed by atoms with Crippen LogP contribution in [0.25, 0.3) is 0 Å². The molecule has 0 saturated carbocycles. The van der Waals surface area contributed by atoms with Gasteiger partial charge in [0, 0.05) is 17.7 Å². The Morgan fingerprint density at radius 3 is 2.17 bits per heavy atom. The van der Waals surface area contributed by atoms with Gasteiger partial charge in [0.2, 0.25) is 5.78 Å². The molecule has 0 amide bonds. The van der Waals surface area contributed by atoms with Crippen molar-refractivity contribution in [2.45, 2.75) is 6.92 Å². The fourth-order valence-electron chi connectivity index (χ4n) is 3.49. The Balaban J connectivity index is 2.03. The summed E-state index contributed by atoms with van der Waals surface area (Å²) in [5.41, 5.74) is -2.50. The molecule has 0 spiro atoms. The van der Waals surface area contributed by atoms with E-state index in [0.29, 0.717) is 5.01 Å². The molecule has 1 aliphatic rings. The summed E-state index contributed by atoms with van der Waals surface area (Å²) >= 11 is 0. The molecule has 3 aromatic carbocycles. The largest absolute Gasteiger partial charge is 0.321 e. The Labute approximate surface area is 195 Å². The molecule has 13 heteroatoms. The van der Waals surface area contributed by atoms with Gasteiger partial charge < -0.3 is 4.52 Å². The second-order valence-electron chi connectivity index (χ2n) is 7.13. The average Bonchev–Trinajstić information content (AvgIpc) is 2.86. The zero-order valence-electron chi connectivity index (χ0n) is 17.7. The van der Waals surface area contributed by atoms with Crippen LogP contribution in [0.4, 0.5) is 34.6 Å². The number of carbonyl (C=O) groups excluding carboxylic acids is 1. The Kier molecular flexibility index (Phi) is 6.27. The molecule has 0 fully saturated rings. The Morgan fingerprint density at radius 1 is 1.00 bits per heavy atom. The summed E-state index contributed by atoms with van der Waals surface area (Å²) in [4.78, 5) is 23.6. The molecule has 3 aromatic rings. The van der Waals surface area contributed by atoms with Crippen molar-refractivity contribution in [1.29, 1.82) is 0 Å². The topological polar surface area (TPSA) is 102 Å². The average molecular weight is 507 g/mol. The van der Waals surface area contributed by atoms with Gasteiger partial charge in [0.25, 0.3) is 13.1 Å². The highest BCUT2D eigenvalue weighted by atomic mass is 31.2. The number of hydrogen-bond acceptors (Lipinski definition) is 7. The molecular weight excluding hydrogens is 493 g/mol. The smallest absolute Gasteiger partial charge is 0.290 e. The van der Waals surface area contributed by atoms with Crippen LogP contribution in [0.5, 0.6) is 0 Å². The summed E-state index contributed by atoms with van der Waals surface area (Å²) in [5, 5.41) is 14.3. The van der Waals surface area contributed by atoms with Gasteiger partial charge in [0.15, 0.2) is 28.7 Å². The molecule has 8 nitrogen and oxygen atoms in total. The number of anilines is 2. The van der Waals surface area contributed by atoms with E-state index >= 15 is 4.39 Å². The third-order valence-electron chi connectivity index (χ3n) is 5.05. The van der Waals surface area contributed by atoms with Gasteiger partial charge in [0.05, 0.1) is 17.2 Å². The van der Waals surface area contributed by atoms with Gasteiger partial charge in [-0.05, 0) is 31.2 Å². The summed E-state index contributed by atoms with van der Waals surface area (Å²) in [6, 6.07) is 11.3. The molecule has 4 rings (SSSR count). The number of hydrazone groups is 1. The highest BCUT2D eigenvalue weighted by Crippen LogP contribution is 2.56. The lowest BCUT2D eigenvalue weighted by Crippen LogP contribution is -2.37. The predicted octanol–water partition coefficient (Wildman–Crippen LogP) is 5.44. The van der Waals surface area contributed by atoms with Crippen molar-refractivity contribution in [2.75, 3.05) is 11.6 Å². The Bertz CT molecular complexity index is 1430. The highest BCUT2D eigenvalue weighted by Gasteiger charge is 2.49. The number of halogens is 4. The number of fused-ring (bicyclic) bond motifs is 1. The molecule has 0 bridgehead atoms. The molecule has 1 aliphatic heterocycles. The van der Waals surface area contributed by atoms with Crippen LogP contribution in [-0.4, -0.2) is 22.8 Å². The number of nitro groups is 1. The second kappa shape index (κ2) is 9.05. The minimum atomic E-state index is -4.93. The van der Waals surface area contributed by atoms with Gasteiger partial charge in [-0.1, -0.05) is 18.2 Å². The number of Topliss-reactive ketones (excluding diaryl/α,β-unsaturated/α-hetero) is 1. The normalized spacial score (nSPS) is 17.1. The number of benzene rings is 3. The summed E-state index contributed by atoms with van der Waals surface area (Å²) in [7, 11) is -4.93. The van der Waals surface area contributed by atoms with Crippen LogP contribution >= 0.6 is 7.37 Å². The lowest BCUT2D eigenvalue weighted by molar-refractivity contribution is -0.384. The maximum atomic E-state index is 15.1. The Morgan fingerprint density at radius 2 is 1.60 bits per heavy atom. The number of ketones is 1. The van der Waals surface area contributed by atoms with E-state index in [1.165, 1.54) is 31.2 Å². The van der Waals surface area contributed by atoms with Crippen LogP contribution in [0.15, 0.2) is 59.7 Å². The van der Waals surface area contributed by atoms with E-state index in [1.54, 1.807) is 6.07 Å². The zero-order chi connectivity index (χ0) is 25.5. The van der Waals surface area contributed by atoms with E-state index < -0.39 is 64.4 Å². The molecule has 0 unspecified atom stereocenters. The predicted molar refractivity (Wildman–Crippen MR) is 119 cm³/mol. The maximum Gasteiger partial charge on any atom is 0.290 e. The summed E-state index contributed by atoms with van der Waals surface area (Å²) in [6.07, 6.45) is 0. The van der Waals surface area contributed by atoms with E-state index in [2.05, 4.69) is 5.10 Å². The molecule has 0 saturated heterocycles. The van der Waals surface area contributed by atoms with Gasteiger partial charge in [0.1, 0.15) is 11.0 Å². The number of non-ortho nitro benzene ring substituents is 1. The van der Waals surface area contributed by atoms with Crippen LogP contribution in [0.1, 0.15) is 17.3 Å². The number of carbonyl (C=O) groups is 1. The monoisotopic (exact) mass is 507 g/mol. The van der Waals surface area contributed by atoms with Crippen LogP contribution in [0, 0.1) is 33.4 Å². The van der Waals surface area contributed by atoms with Gasteiger partial charge in [-0.2, -0.15) is 5.10 Å². The van der Waals surface area contributed by atoms with Crippen molar-refractivity contribution in [1.82, 2.24) is 0 Å². The first kappa shape index (κ1) is 24.2. The van der Waals surface area contributed by atoms with Crippen molar-refractivity contribution < 1.29 is 36.4 Å². The first-order valence-corrected chi connectivity index (χ1v) is 11.6. The molecule has 0 aliphatic carbocycles. The molecule has 0 radical (unpaired) electrons. The summed E-state index contributed by atoms with van der Waals surface area (Å²) in [5.74, 6) is -9.38. The number of rotatable bonds is 6. The van der Waals surface area contributed by atoms with Crippen molar-refractivity contribution in [2.24, 2.45) is 5.10 Å². The van der Waals surface area contributed by atoms with Crippen molar-refractivity contribution in [3.63, 3.8) is 0 Å². The van der Waals surface area contributed by atoms with Crippen molar-refractivity contribution in [3.05, 3.63) is 93.5 Å². The van der Waals surface area contributed by atoms with E-state index in [4.69, 9.17) is 4.52 Å². The zero-order valence-corrected chi connectivity index (χ0v) is 18.6. The molecule has 180 valence electrons.